The molecular formula is C26H20BrN3O6S. The lowest BCUT2D eigenvalue weighted by molar-refractivity contribution is -0.139. The number of likely N-dealkylation sites (N-methyl/N-ethyl adjacent to an activating group) is 1. The fraction of sp³-hybridized carbons (Fsp3) is 0.231. The maximum Gasteiger partial charge on any atom is 0.338 e. The topological polar surface area (TPSA) is 99.4 Å². The lowest BCUT2D eigenvalue weighted by Crippen LogP contribution is -2.40. The molecule has 0 saturated carbocycles. The Labute approximate surface area is 223 Å². The average molecular weight is 582 g/mol. The number of thiazole rings is 1. The first kappa shape index (κ1) is 23.7. The number of benzene rings is 2. The highest BCUT2D eigenvalue weighted by molar-refractivity contribution is 9.10. The van der Waals surface area contributed by atoms with Crippen LogP contribution < -0.4 is 29.3 Å². The maximum absolute atomic E-state index is 14.1. The number of halogens is 1. The van der Waals surface area contributed by atoms with E-state index in [0.29, 0.717) is 44.4 Å². The van der Waals surface area contributed by atoms with Crippen LogP contribution in [0.15, 0.2) is 61.9 Å². The van der Waals surface area contributed by atoms with Crippen molar-refractivity contribution in [2.45, 2.75) is 19.9 Å². The Morgan fingerprint density at radius 2 is 1.97 bits per heavy atom. The molecule has 11 heteroatoms. The molecule has 0 radical (unpaired) electrons. The Kier molecular flexibility index (Phi) is 5.57. The van der Waals surface area contributed by atoms with E-state index in [-0.39, 0.29) is 29.4 Å². The summed E-state index contributed by atoms with van der Waals surface area (Å²) in [5.41, 5.74) is 2.60. The second-order valence-electron chi connectivity index (χ2n) is 8.64. The lowest BCUT2D eigenvalue weighted by Gasteiger charge is -2.24. The molecule has 0 bridgehead atoms. The van der Waals surface area contributed by atoms with Gasteiger partial charge < -0.3 is 19.1 Å². The van der Waals surface area contributed by atoms with Gasteiger partial charge in [-0.3, -0.25) is 14.2 Å². The minimum Gasteiger partial charge on any atom is -0.463 e. The number of hydrogen-bond donors (Lipinski definition) is 0. The van der Waals surface area contributed by atoms with E-state index in [4.69, 9.17) is 14.2 Å². The van der Waals surface area contributed by atoms with E-state index < -0.39 is 17.6 Å². The summed E-state index contributed by atoms with van der Waals surface area (Å²) in [4.78, 5) is 47.1. The summed E-state index contributed by atoms with van der Waals surface area (Å²) in [7, 11) is 1.68. The molecular weight excluding hydrogens is 562 g/mol. The van der Waals surface area contributed by atoms with Gasteiger partial charge >= 0.3 is 5.97 Å². The first-order valence-corrected chi connectivity index (χ1v) is 13.1. The standard InChI is InChI=1S/C26H20BrN3O6S/c1-4-34-25(33)19-12(2)28-26-30(21(19)13-5-8-17-18(9-13)36-11-35-17)24(32)22(37-26)20-15-10-14(27)6-7-16(15)29(3)23(20)31/h5-10,21H,4,11H2,1-3H3/b22-20-/t21-/m0/s1. The Hall–Kier alpha value is -3.70. The summed E-state index contributed by atoms with van der Waals surface area (Å²) in [6.45, 7) is 3.70. The first-order valence-electron chi connectivity index (χ1n) is 11.5. The average Bonchev–Trinajstić information content (AvgIpc) is 3.53. The van der Waals surface area contributed by atoms with E-state index in [1.807, 2.05) is 18.2 Å². The van der Waals surface area contributed by atoms with Gasteiger partial charge in [-0.05, 0) is 49.7 Å². The minimum atomic E-state index is -0.824. The molecule has 9 nitrogen and oxygen atoms in total. The largest absolute Gasteiger partial charge is 0.463 e. The van der Waals surface area contributed by atoms with Gasteiger partial charge in [0.05, 0.1) is 35.2 Å². The summed E-state index contributed by atoms with van der Waals surface area (Å²) in [5, 5.41) is 0. The molecule has 1 atom stereocenters. The smallest absolute Gasteiger partial charge is 0.338 e. The van der Waals surface area contributed by atoms with Crippen LogP contribution in [0.3, 0.4) is 0 Å². The number of amides is 1. The van der Waals surface area contributed by atoms with Crippen LogP contribution in [0.25, 0.3) is 5.57 Å². The zero-order valence-corrected chi connectivity index (χ0v) is 22.4. The molecule has 2 aromatic carbocycles. The molecule has 1 aromatic heterocycles. The molecule has 1 amide bonds. The molecule has 0 unspecified atom stereocenters. The second-order valence-corrected chi connectivity index (χ2v) is 10.5. The molecule has 3 aromatic rings. The van der Waals surface area contributed by atoms with Crippen molar-refractivity contribution in [3.05, 3.63) is 83.0 Å². The highest BCUT2D eigenvalue weighted by atomic mass is 79.9. The zero-order chi connectivity index (χ0) is 26.0. The van der Waals surface area contributed by atoms with Gasteiger partial charge in [-0.15, -0.1) is 0 Å². The van der Waals surface area contributed by atoms with Gasteiger partial charge in [-0.1, -0.05) is 33.3 Å². The highest BCUT2D eigenvalue weighted by Gasteiger charge is 2.37. The summed E-state index contributed by atoms with van der Waals surface area (Å²) in [6.07, 6.45) is 0. The van der Waals surface area contributed by atoms with E-state index in [2.05, 4.69) is 20.9 Å². The van der Waals surface area contributed by atoms with Crippen molar-refractivity contribution in [3.63, 3.8) is 0 Å². The molecule has 3 aliphatic heterocycles. The Morgan fingerprint density at radius 1 is 1.19 bits per heavy atom. The number of hydrogen-bond acceptors (Lipinski definition) is 8. The second kappa shape index (κ2) is 8.70. The van der Waals surface area contributed by atoms with Crippen molar-refractivity contribution in [1.29, 1.82) is 0 Å². The fourth-order valence-electron chi connectivity index (χ4n) is 4.85. The van der Waals surface area contributed by atoms with E-state index in [9.17, 15) is 14.4 Å². The monoisotopic (exact) mass is 581 g/mol. The Balaban J connectivity index is 1.65. The first-order chi connectivity index (χ1) is 17.8. The van der Waals surface area contributed by atoms with Gasteiger partial charge in [0.25, 0.3) is 11.5 Å². The van der Waals surface area contributed by atoms with Crippen molar-refractivity contribution in [1.82, 2.24) is 4.57 Å². The number of ether oxygens (including phenoxy) is 3. The number of allylic oxidation sites excluding steroid dienone is 1. The molecule has 0 aliphatic carbocycles. The van der Waals surface area contributed by atoms with Gasteiger partial charge in [-0.25, -0.2) is 9.79 Å². The minimum absolute atomic E-state index is 0.0924. The molecule has 37 heavy (non-hydrogen) atoms. The van der Waals surface area contributed by atoms with Crippen LogP contribution >= 0.6 is 27.3 Å². The number of esters is 1. The lowest BCUT2D eigenvalue weighted by atomic mass is 9.95. The number of nitrogens with zero attached hydrogens (tertiary/aromatic N) is 3. The predicted molar refractivity (Wildman–Crippen MR) is 139 cm³/mol. The van der Waals surface area contributed by atoms with Crippen molar-refractivity contribution in [2.75, 3.05) is 25.3 Å². The third-order valence-electron chi connectivity index (χ3n) is 6.54. The van der Waals surface area contributed by atoms with E-state index >= 15 is 0 Å². The van der Waals surface area contributed by atoms with E-state index in [1.165, 1.54) is 9.47 Å². The number of carbonyl (C=O) groups excluding carboxylic acids is 2. The third-order valence-corrected chi connectivity index (χ3v) is 8.09. The quantitative estimate of drug-likeness (QED) is 0.441. The van der Waals surface area contributed by atoms with Crippen molar-refractivity contribution in [3.8, 4) is 11.5 Å². The number of rotatable bonds is 3. The number of carbonyl (C=O) groups is 2. The van der Waals surface area contributed by atoms with E-state index in [1.54, 1.807) is 39.1 Å². The van der Waals surface area contributed by atoms with Crippen molar-refractivity contribution >= 4 is 50.4 Å². The van der Waals surface area contributed by atoms with Crippen LogP contribution in [0.4, 0.5) is 5.69 Å². The Bertz CT molecular complexity index is 1740. The fourth-order valence-corrected chi connectivity index (χ4v) is 6.35. The highest BCUT2D eigenvalue weighted by Crippen LogP contribution is 2.39. The summed E-state index contributed by atoms with van der Waals surface area (Å²) in [5.74, 6) is 0.264. The molecule has 0 fully saturated rings. The molecule has 4 heterocycles. The molecule has 3 aliphatic rings. The Morgan fingerprint density at radius 3 is 2.76 bits per heavy atom. The van der Waals surface area contributed by atoms with Crippen LogP contribution in [0.5, 0.6) is 11.5 Å². The van der Waals surface area contributed by atoms with Gasteiger partial charge in [0.15, 0.2) is 16.3 Å². The van der Waals surface area contributed by atoms with Gasteiger partial charge in [-0.2, -0.15) is 0 Å². The normalized spacial score (nSPS) is 19.1. The van der Waals surface area contributed by atoms with Crippen molar-refractivity contribution < 1.29 is 23.8 Å². The van der Waals surface area contributed by atoms with E-state index in [0.717, 1.165) is 15.8 Å². The maximum atomic E-state index is 14.1. The molecule has 0 N–H and O–H groups in total. The number of fused-ring (bicyclic) bond motifs is 3. The number of aromatic nitrogens is 1. The van der Waals surface area contributed by atoms with Gasteiger partial charge in [0, 0.05) is 17.1 Å². The molecule has 188 valence electrons. The van der Waals surface area contributed by atoms with Crippen LogP contribution in [-0.4, -0.2) is 36.9 Å². The van der Waals surface area contributed by atoms with Crippen LogP contribution in [0.2, 0.25) is 0 Å². The summed E-state index contributed by atoms with van der Waals surface area (Å²) < 4.78 is 18.9. The molecule has 0 spiro atoms. The summed E-state index contributed by atoms with van der Waals surface area (Å²) >= 11 is 4.60. The number of anilines is 1. The summed E-state index contributed by atoms with van der Waals surface area (Å²) in [6, 6.07) is 9.98. The van der Waals surface area contributed by atoms with Gasteiger partial charge in [0.1, 0.15) is 4.53 Å². The third kappa shape index (κ3) is 3.56. The van der Waals surface area contributed by atoms with Crippen molar-refractivity contribution in [2.24, 2.45) is 4.99 Å². The molecule has 6 rings (SSSR count). The predicted octanol–water partition coefficient (Wildman–Crippen LogP) is 2.64. The van der Waals surface area contributed by atoms with Crippen LogP contribution in [0.1, 0.15) is 31.0 Å². The van der Waals surface area contributed by atoms with Crippen LogP contribution in [-0.2, 0) is 14.3 Å². The van der Waals surface area contributed by atoms with Gasteiger partial charge in [0.2, 0.25) is 6.79 Å². The zero-order valence-electron chi connectivity index (χ0n) is 20.0. The van der Waals surface area contributed by atoms with Crippen LogP contribution in [0, 0.1) is 0 Å². The SMILES string of the molecule is CCOC(=O)C1=C(C)N=c2s/c(=C3\C(=O)N(C)c4ccc(Br)cc43)c(=O)n2[C@H]1c1ccc2c(c1)OCO2. The molecule has 0 saturated heterocycles.